The first-order valence-corrected chi connectivity index (χ1v) is 13.7. The third-order valence-electron chi connectivity index (χ3n) is 7.98. The van der Waals surface area contributed by atoms with Crippen molar-refractivity contribution in [2.75, 3.05) is 12.0 Å². The molecule has 1 aliphatic heterocycles. The van der Waals surface area contributed by atoms with Gasteiger partial charge in [-0.3, -0.25) is 24.1 Å². The maximum Gasteiger partial charge on any atom is 0.238 e. The lowest BCUT2D eigenvalue weighted by atomic mass is 9.59. The Labute approximate surface area is 235 Å². The second kappa shape index (κ2) is 9.17. The van der Waals surface area contributed by atoms with E-state index in [1.54, 1.807) is 42.5 Å². The van der Waals surface area contributed by atoms with Gasteiger partial charge in [-0.15, -0.1) is 0 Å². The number of phenolic OH excluding ortho intramolecular Hbond substituents is 1. The molecule has 192 valence electrons. The molecule has 7 nitrogen and oxygen atoms in total. The second-order valence-corrected chi connectivity index (χ2v) is 11.6. The minimum atomic E-state index is -0.752. The molecular formula is C29H21Br2NO6. The zero-order chi connectivity index (χ0) is 26.9. The van der Waals surface area contributed by atoms with E-state index in [-0.39, 0.29) is 45.8 Å². The van der Waals surface area contributed by atoms with E-state index in [0.717, 1.165) is 10.0 Å². The molecule has 0 saturated carbocycles. The fourth-order valence-corrected chi connectivity index (χ4v) is 7.06. The summed E-state index contributed by atoms with van der Waals surface area (Å²) in [6, 6.07) is 12.0. The SMILES string of the molecule is COc1cccc([C@H]2C3=CC[C@@H]4C(=O)N(c5ccc(Br)cc5)C(=O)[C@@H]4[C@@H]3CC3=C2C(=O)C=C(Br)C3=O)c1O. The maximum atomic E-state index is 13.9. The Morgan fingerprint density at radius 1 is 0.974 bits per heavy atom. The summed E-state index contributed by atoms with van der Waals surface area (Å²) in [6.45, 7) is 0. The number of ketones is 2. The van der Waals surface area contributed by atoms with Crippen LogP contribution in [0.1, 0.15) is 24.3 Å². The van der Waals surface area contributed by atoms with Crippen LogP contribution in [0.15, 0.2) is 80.3 Å². The van der Waals surface area contributed by atoms with Crippen LogP contribution in [0.4, 0.5) is 5.69 Å². The highest BCUT2D eigenvalue weighted by molar-refractivity contribution is 9.12. The van der Waals surface area contributed by atoms with Crippen molar-refractivity contribution >= 4 is 60.9 Å². The van der Waals surface area contributed by atoms with Gasteiger partial charge in [0.05, 0.1) is 29.1 Å². The summed E-state index contributed by atoms with van der Waals surface area (Å²) in [5.41, 5.74) is 2.28. The van der Waals surface area contributed by atoms with Crippen molar-refractivity contribution in [3.8, 4) is 11.5 Å². The van der Waals surface area contributed by atoms with Crippen LogP contribution >= 0.6 is 31.9 Å². The molecule has 1 fully saturated rings. The first kappa shape index (κ1) is 25.0. The molecule has 2 aromatic carbocycles. The number of carbonyl (C=O) groups is 4. The number of aromatic hydroxyl groups is 1. The highest BCUT2D eigenvalue weighted by Gasteiger charge is 2.57. The number of rotatable bonds is 3. The van der Waals surface area contributed by atoms with Gasteiger partial charge >= 0.3 is 0 Å². The van der Waals surface area contributed by atoms with Crippen molar-refractivity contribution < 1.29 is 29.0 Å². The molecule has 1 saturated heterocycles. The summed E-state index contributed by atoms with van der Waals surface area (Å²) >= 11 is 6.61. The van der Waals surface area contributed by atoms with Gasteiger partial charge in [-0.2, -0.15) is 0 Å². The van der Waals surface area contributed by atoms with Crippen LogP contribution in [-0.4, -0.2) is 35.6 Å². The maximum absolute atomic E-state index is 13.9. The number of hydrogen-bond donors (Lipinski definition) is 1. The number of allylic oxidation sites excluding steroid dienone is 6. The number of carbonyl (C=O) groups excluding carboxylic acids is 4. The van der Waals surface area contributed by atoms with Crippen molar-refractivity contribution in [2.24, 2.45) is 17.8 Å². The lowest BCUT2D eigenvalue weighted by Crippen LogP contribution is -2.39. The predicted molar refractivity (Wildman–Crippen MR) is 146 cm³/mol. The van der Waals surface area contributed by atoms with Crippen molar-refractivity contribution in [3.63, 3.8) is 0 Å². The zero-order valence-corrected chi connectivity index (χ0v) is 23.3. The third kappa shape index (κ3) is 3.59. The monoisotopic (exact) mass is 637 g/mol. The number of fused-ring (bicyclic) bond motifs is 3. The number of para-hydroxylation sites is 1. The molecule has 38 heavy (non-hydrogen) atoms. The van der Waals surface area contributed by atoms with Crippen LogP contribution in [0.3, 0.4) is 0 Å². The van der Waals surface area contributed by atoms with Crippen LogP contribution in [0.2, 0.25) is 0 Å². The number of halogens is 2. The molecule has 4 aliphatic rings. The standard InChI is InChI=1S/C29H21Br2NO6/c1-38-22-4-2-3-16(27(22)35)23-15-9-10-17-24(18(15)11-19-25(23)21(33)12-20(31)26(19)34)29(37)32(28(17)36)14-7-5-13(30)6-8-14/h2-9,12,17-18,23-24,35H,10-11H2,1H3/t17-,18+,23+,24-/m0/s1. The number of nitrogens with zero attached hydrogens (tertiary/aromatic N) is 1. The van der Waals surface area contributed by atoms with Crippen molar-refractivity contribution in [2.45, 2.75) is 18.8 Å². The molecule has 0 radical (unpaired) electrons. The largest absolute Gasteiger partial charge is 0.504 e. The summed E-state index contributed by atoms with van der Waals surface area (Å²) in [5, 5.41) is 11.1. The predicted octanol–water partition coefficient (Wildman–Crippen LogP) is 5.13. The first-order valence-electron chi connectivity index (χ1n) is 12.1. The van der Waals surface area contributed by atoms with Gasteiger partial charge in [0.15, 0.2) is 23.1 Å². The Kier molecular flexibility index (Phi) is 6.03. The van der Waals surface area contributed by atoms with E-state index < -0.39 is 23.7 Å². The van der Waals surface area contributed by atoms with Gasteiger partial charge in [0.25, 0.3) is 0 Å². The molecule has 0 spiro atoms. The molecule has 0 unspecified atom stereocenters. The average Bonchev–Trinajstić information content (AvgIpc) is 3.16. The summed E-state index contributed by atoms with van der Waals surface area (Å²) < 4.78 is 6.30. The normalized spacial score (nSPS) is 26.6. The number of amides is 2. The van der Waals surface area contributed by atoms with Crippen LogP contribution in [-0.2, 0) is 19.2 Å². The summed E-state index contributed by atoms with van der Waals surface area (Å²) in [5.74, 6) is -3.65. The highest BCUT2D eigenvalue weighted by Crippen LogP contribution is 2.57. The van der Waals surface area contributed by atoms with Crippen molar-refractivity contribution in [3.05, 3.63) is 85.9 Å². The molecule has 2 aromatic rings. The minimum Gasteiger partial charge on any atom is -0.504 e. The molecule has 1 heterocycles. The van der Waals surface area contributed by atoms with E-state index in [1.165, 1.54) is 18.1 Å². The fourth-order valence-electron chi connectivity index (χ4n) is 6.34. The number of anilines is 1. The highest BCUT2D eigenvalue weighted by atomic mass is 79.9. The molecule has 4 atom stereocenters. The number of Topliss-reactive ketones (excluding diaryl/α,β-unsaturated/α-hetero) is 1. The number of benzene rings is 2. The van der Waals surface area contributed by atoms with Crippen LogP contribution in [0.25, 0.3) is 0 Å². The minimum absolute atomic E-state index is 0.130. The van der Waals surface area contributed by atoms with Gasteiger partial charge in [-0.25, -0.2) is 0 Å². The number of imide groups is 1. The Bertz CT molecular complexity index is 1540. The van der Waals surface area contributed by atoms with Crippen molar-refractivity contribution in [1.82, 2.24) is 0 Å². The molecule has 0 aromatic heterocycles. The van der Waals surface area contributed by atoms with Gasteiger partial charge in [0.1, 0.15) is 0 Å². The lowest BCUT2D eigenvalue weighted by molar-refractivity contribution is -0.123. The van der Waals surface area contributed by atoms with E-state index >= 15 is 0 Å². The zero-order valence-electron chi connectivity index (χ0n) is 20.1. The Balaban J connectivity index is 1.51. The lowest BCUT2D eigenvalue weighted by Gasteiger charge is -2.42. The Hall–Kier alpha value is -3.30. The van der Waals surface area contributed by atoms with Gasteiger partial charge in [0, 0.05) is 33.2 Å². The summed E-state index contributed by atoms with van der Waals surface area (Å²) in [6.07, 6.45) is 3.65. The fraction of sp³-hybridized carbons (Fsp3) is 0.241. The molecule has 1 N–H and O–H groups in total. The first-order chi connectivity index (χ1) is 18.2. The number of hydrogen-bond acceptors (Lipinski definition) is 6. The smallest absolute Gasteiger partial charge is 0.238 e. The van der Waals surface area contributed by atoms with Gasteiger partial charge in [-0.05, 0) is 65.0 Å². The van der Waals surface area contributed by atoms with E-state index in [0.29, 0.717) is 28.8 Å². The Morgan fingerprint density at radius 2 is 1.71 bits per heavy atom. The van der Waals surface area contributed by atoms with Gasteiger partial charge < -0.3 is 9.84 Å². The van der Waals surface area contributed by atoms with E-state index in [2.05, 4.69) is 31.9 Å². The van der Waals surface area contributed by atoms with Gasteiger partial charge in [-0.1, -0.05) is 39.7 Å². The molecular weight excluding hydrogens is 618 g/mol. The summed E-state index contributed by atoms with van der Waals surface area (Å²) in [4.78, 5) is 55.3. The molecule has 3 aliphatic carbocycles. The van der Waals surface area contributed by atoms with Gasteiger partial charge in [0.2, 0.25) is 11.8 Å². The molecule has 6 rings (SSSR count). The molecule has 9 heteroatoms. The number of methoxy groups -OCH3 is 1. The second-order valence-electron chi connectivity index (χ2n) is 9.78. The van der Waals surface area contributed by atoms with E-state index in [1.807, 2.05) is 6.08 Å². The summed E-state index contributed by atoms with van der Waals surface area (Å²) in [7, 11) is 1.44. The van der Waals surface area contributed by atoms with Crippen LogP contribution in [0, 0.1) is 17.8 Å². The van der Waals surface area contributed by atoms with Crippen LogP contribution in [0.5, 0.6) is 11.5 Å². The topological polar surface area (TPSA) is 101 Å². The number of phenols is 1. The van der Waals surface area contributed by atoms with Crippen LogP contribution < -0.4 is 9.64 Å². The Morgan fingerprint density at radius 3 is 2.42 bits per heavy atom. The quantitative estimate of drug-likeness (QED) is 0.284. The van der Waals surface area contributed by atoms with E-state index in [4.69, 9.17) is 4.74 Å². The molecule has 0 bridgehead atoms. The third-order valence-corrected chi connectivity index (χ3v) is 9.09. The van der Waals surface area contributed by atoms with Crippen molar-refractivity contribution in [1.29, 1.82) is 0 Å². The number of ether oxygens (including phenoxy) is 1. The van der Waals surface area contributed by atoms with E-state index in [9.17, 15) is 24.3 Å². The molecule has 2 amide bonds. The average molecular weight is 639 g/mol.